The van der Waals surface area contributed by atoms with E-state index in [1.165, 1.54) is 24.8 Å². The largest absolute Gasteiger partial charge is 0.497 e. The normalized spacial score (nSPS) is 24.7. The number of benzene rings is 1. The fraction of sp³-hybridized carbons (Fsp3) is 0.625. The van der Waals surface area contributed by atoms with Crippen LogP contribution in [0, 0.1) is 5.92 Å². The van der Waals surface area contributed by atoms with Gasteiger partial charge >= 0.3 is 0 Å². The fourth-order valence-corrected chi connectivity index (χ4v) is 3.25. The molecule has 0 heterocycles. The molecule has 1 aliphatic rings. The highest BCUT2D eigenvalue weighted by Gasteiger charge is 2.31. The van der Waals surface area contributed by atoms with Gasteiger partial charge in [-0.15, -0.1) is 0 Å². The SMILES string of the molecule is COc1cccc(C(C)N(C)C2CCCC2CN)c1. The second-order valence-corrected chi connectivity index (χ2v) is 5.61. The molecule has 0 spiro atoms. The Morgan fingerprint density at radius 3 is 2.89 bits per heavy atom. The van der Waals surface area contributed by atoms with E-state index in [1.807, 2.05) is 6.07 Å². The second-order valence-electron chi connectivity index (χ2n) is 5.61. The van der Waals surface area contributed by atoms with E-state index in [0.717, 1.165) is 12.3 Å². The highest BCUT2D eigenvalue weighted by Crippen LogP contribution is 2.33. The van der Waals surface area contributed by atoms with E-state index in [-0.39, 0.29) is 0 Å². The van der Waals surface area contributed by atoms with E-state index < -0.39 is 0 Å². The van der Waals surface area contributed by atoms with Crippen molar-refractivity contribution < 1.29 is 4.74 Å². The molecule has 3 nitrogen and oxygen atoms in total. The summed E-state index contributed by atoms with van der Waals surface area (Å²) in [6.45, 7) is 3.07. The summed E-state index contributed by atoms with van der Waals surface area (Å²) in [7, 11) is 3.94. The van der Waals surface area contributed by atoms with Gasteiger partial charge in [0.1, 0.15) is 5.75 Å². The zero-order valence-electron chi connectivity index (χ0n) is 12.3. The summed E-state index contributed by atoms with van der Waals surface area (Å²) in [6.07, 6.45) is 3.85. The van der Waals surface area contributed by atoms with Gasteiger partial charge in [0.15, 0.2) is 0 Å². The lowest BCUT2D eigenvalue weighted by Crippen LogP contribution is -2.39. The van der Waals surface area contributed by atoms with Crippen LogP contribution in [0.2, 0.25) is 0 Å². The molecule has 3 heteroatoms. The Bertz CT molecular complexity index is 407. The highest BCUT2D eigenvalue weighted by atomic mass is 16.5. The molecule has 0 bridgehead atoms. The van der Waals surface area contributed by atoms with Crippen molar-refractivity contribution in [1.29, 1.82) is 0 Å². The average molecular weight is 262 g/mol. The Kier molecular flexibility index (Phi) is 4.83. The maximum atomic E-state index is 5.90. The number of nitrogens with zero attached hydrogens (tertiary/aromatic N) is 1. The minimum Gasteiger partial charge on any atom is -0.497 e. The first-order valence-corrected chi connectivity index (χ1v) is 7.23. The maximum Gasteiger partial charge on any atom is 0.119 e. The summed E-state index contributed by atoms with van der Waals surface area (Å²) in [5.41, 5.74) is 7.21. The zero-order chi connectivity index (χ0) is 13.8. The number of rotatable bonds is 5. The van der Waals surface area contributed by atoms with Gasteiger partial charge in [-0.3, -0.25) is 4.90 Å². The van der Waals surface area contributed by atoms with Crippen molar-refractivity contribution in [1.82, 2.24) is 4.90 Å². The molecule has 0 saturated heterocycles. The minimum atomic E-state index is 0.396. The lowest BCUT2D eigenvalue weighted by Gasteiger charge is -2.34. The molecule has 19 heavy (non-hydrogen) atoms. The second kappa shape index (κ2) is 6.40. The molecular weight excluding hydrogens is 236 g/mol. The van der Waals surface area contributed by atoms with Crippen LogP contribution in [0.4, 0.5) is 0 Å². The number of methoxy groups -OCH3 is 1. The van der Waals surface area contributed by atoms with Crippen LogP contribution in [-0.4, -0.2) is 31.6 Å². The van der Waals surface area contributed by atoms with E-state index in [4.69, 9.17) is 10.5 Å². The van der Waals surface area contributed by atoms with Gasteiger partial charge in [-0.2, -0.15) is 0 Å². The molecule has 1 fully saturated rings. The Labute approximate surface area is 116 Å². The van der Waals surface area contributed by atoms with E-state index in [2.05, 4.69) is 37.1 Å². The van der Waals surface area contributed by atoms with E-state index in [1.54, 1.807) is 7.11 Å². The Balaban J connectivity index is 2.11. The van der Waals surface area contributed by atoms with Gasteiger partial charge in [0.2, 0.25) is 0 Å². The van der Waals surface area contributed by atoms with Crippen molar-refractivity contribution in [3.8, 4) is 5.75 Å². The average Bonchev–Trinajstić information content (AvgIpc) is 2.94. The van der Waals surface area contributed by atoms with Crippen LogP contribution in [0.1, 0.15) is 37.8 Å². The Hall–Kier alpha value is -1.06. The molecule has 3 atom stereocenters. The molecule has 1 saturated carbocycles. The molecule has 2 rings (SSSR count). The summed E-state index contributed by atoms with van der Waals surface area (Å²) in [5.74, 6) is 1.58. The van der Waals surface area contributed by atoms with Gasteiger partial charge in [-0.05, 0) is 57.0 Å². The molecule has 0 radical (unpaired) electrons. The van der Waals surface area contributed by atoms with Crippen LogP contribution in [0.15, 0.2) is 24.3 Å². The van der Waals surface area contributed by atoms with E-state index in [0.29, 0.717) is 18.0 Å². The lowest BCUT2D eigenvalue weighted by atomic mass is 9.99. The third kappa shape index (κ3) is 3.10. The molecule has 2 N–H and O–H groups in total. The van der Waals surface area contributed by atoms with E-state index >= 15 is 0 Å². The molecule has 106 valence electrons. The monoisotopic (exact) mass is 262 g/mol. The zero-order valence-corrected chi connectivity index (χ0v) is 12.3. The van der Waals surface area contributed by atoms with Crippen LogP contribution in [0.25, 0.3) is 0 Å². The third-order valence-corrected chi connectivity index (χ3v) is 4.63. The summed E-state index contributed by atoms with van der Waals surface area (Å²) in [5, 5.41) is 0. The van der Waals surface area contributed by atoms with Gasteiger partial charge in [0.25, 0.3) is 0 Å². The number of ether oxygens (including phenoxy) is 1. The number of nitrogens with two attached hydrogens (primary N) is 1. The van der Waals surface area contributed by atoms with Crippen molar-refractivity contribution in [3.63, 3.8) is 0 Å². The van der Waals surface area contributed by atoms with Crippen molar-refractivity contribution >= 4 is 0 Å². The minimum absolute atomic E-state index is 0.396. The summed E-state index contributed by atoms with van der Waals surface area (Å²) < 4.78 is 5.31. The number of hydrogen-bond acceptors (Lipinski definition) is 3. The van der Waals surface area contributed by atoms with Crippen molar-refractivity contribution in [2.75, 3.05) is 20.7 Å². The molecule has 1 aromatic rings. The van der Waals surface area contributed by atoms with Crippen LogP contribution in [0.3, 0.4) is 0 Å². The first kappa shape index (κ1) is 14.4. The highest BCUT2D eigenvalue weighted by molar-refractivity contribution is 5.30. The first-order chi connectivity index (χ1) is 9.17. The Morgan fingerprint density at radius 1 is 1.42 bits per heavy atom. The van der Waals surface area contributed by atoms with Crippen LogP contribution in [-0.2, 0) is 0 Å². The lowest BCUT2D eigenvalue weighted by molar-refractivity contribution is 0.152. The van der Waals surface area contributed by atoms with Crippen molar-refractivity contribution in [3.05, 3.63) is 29.8 Å². The maximum absolute atomic E-state index is 5.90. The summed E-state index contributed by atoms with van der Waals surface area (Å²) in [6, 6.07) is 9.38. The fourth-order valence-electron chi connectivity index (χ4n) is 3.25. The standard InChI is InChI=1S/C16H26N2O/c1-12(13-6-4-8-15(10-13)19-3)18(2)16-9-5-7-14(16)11-17/h4,6,8,10,12,14,16H,5,7,9,11,17H2,1-3H3. The molecule has 0 aromatic heterocycles. The van der Waals surface area contributed by atoms with Crippen molar-refractivity contribution in [2.45, 2.75) is 38.3 Å². The topological polar surface area (TPSA) is 38.5 Å². The van der Waals surface area contributed by atoms with Gasteiger partial charge < -0.3 is 10.5 Å². The predicted octanol–water partition coefficient (Wildman–Crippen LogP) is 2.82. The van der Waals surface area contributed by atoms with Crippen molar-refractivity contribution in [2.24, 2.45) is 11.7 Å². The smallest absolute Gasteiger partial charge is 0.119 e. The molecule has 0 aliphatic heterocycles. The Morgan fingerprint density at radius 2 is 2.21 bits per heavy atom. The molecule has 1 aromatic carbocycles. The predicted molar refractivity (Wildman–Crippen MR) is 79.4 cm³/mol. The molecule has 0 amide bonds. The van der Waals surface area contributed by atoms with Gasteiger partial charge in [-0.1, -0.05) is 18.6 Å². The van der Waals surface area contributed by atoms with Crippen LogP contribution >= 0.6 is 0 Å². The number of hydrogen-bond donors (Lipinski definition) is 1. The quantitative estimate of drug-likeness (QED) is 0.887. The van der Waals surface area contributed by atoms with Gasteiger partial charge in [0.05, 0.1) is 7.11 Å². The van der Waals surface area contributed by atoms with Crippen LogP contribution in [0.5, 0.6) is 5.75 Å². The summed E-state index contributed by atoms with van der Waals surface area (Å²) >= 11 is 0. The van der Waals surface area contributed by atoms with Crippen LogP contribution < -0.4 is 10.5 Å². The first-order valence-electron chi connectivity index (χ1n) is 7.23. The summed E-state index contributed by atoms with van der Waals surface area (Å²) in [4.78, 5) is 2.49. The third-order valence-electron chi connectivity index (χ3n) is 4.63. The molecular formula is C16H26N2O. The molecule has 1 aliphatic carbocycles. The van der Waals surface area contributed by atoms with Gasteiger partial charge in [-0.25, -0.2) is 0 Å². The van der Waals surface area contributed by atoms with Gasteiger partial charge in [0, 0.05) is 12.1 Å². The van der Waals surface area contributed by atoms with E-state index in [9.17, 15) is 0 Å². The molecule has 3 unspecified atom stereocenters.